The molecule has 4 aliphatic rings. The second-order valence-corrected chi connectivity index (χ2v) is 16.3. The molecule has 9 atom stereocenters. The molecule has 30 heavy (non-hydrogen) atoms. The van der Waals surface area contributed by atoms with Gasteiger partial charge in [-0.3, -0.25) is 0 Å². The van der Waals surface area contributed by atoms with Crippen molar-refractivity contribution in [3.63, 3.8) is 0 Å². The van der Waals surface area contributed by atoms with Crippen LogP contribution in [0.5, 0.6) is 0 Å². The summed E-state index contributed by atoms with van der Waals surface area (Å²) < 4.78 is 0. The summed E-state index contributed by atoms with van der Waals surface area (Å²) in [6.07, 6.45) is 8.53. The molecule has 4 rings (SSSR count). The minimum absolute atomic E-state index is 0.360. The fourth-order valence-electron chi connectivity index (χ4n) is 10.7. The van der Waals surface area contributed by atoms with Crippen LogP contribution >= 0.6 is 11.6 Å². The number of halogens is 1. The van der Waals surface area contributed by atoms with E-state index in [9.17, 15) is 0 Å². The summed E-state index contributed by atoms with van der Waals surface area (Å²) in [6, 6.07) is 0. The molecule has 4 saturated carbocycles. The van der Waals surface area contributed by atoms with Crippen LogP contribution in [0.4, 0.5) is 0 Å². The number of rotatable bonds is 4. The van der Waals surface area contributed by atoms with Crippen LogP contribution in [0.15, 0.2) is 0 Å². The molecule has 0 radical (unpaired) electrons. The van der Waals surface area contributed by atoms with E-state index in [-0.39, 0.29) is 0 Å². The fourth-order valence-corrected chi connectivity index (χ4v) is 11.2. The van der Waals surface area contributed by atoms with E-state index in [1.807, 2.05) is 0 Å². The third kappa shape index (κ3) is 3.72. The van der Waals surface area contributed by atoms with E-state index in [2.05, 4.69) is 69.2 Å². The molecule has 1 heteroatoms. The normalized spacial score (nSPS) is 44.3. The topological polar surface area (TPSA) is 0 Å². The number of hydrogen-bond acceptors (Lipinski definition) is 0. The molecule has 0 aliphatic heterocycles. The molecule has 0 spiro atoms. The molecule has 0 saturated heterocycles. The zero-order chi connectivity index (χ0) is 22.4. The first-order valence-electron chi connectivity index (χ1n) is 13.2. The summed E-state index contributed by atoms with van der Waals surface area (Å²) in [4.78, 5) is 0. The predicted octanol–water partition coefficient (Wildman–Crippen LogP) is 9.06. The summed E-state index contributed by atoms with van der Waals surface area (Å²) >= 11 is 6.96. The summed E-state index contributed by atoms with van der Waals surface area (Å²) in [6.45, 7) is 25.6. The van der Waals surface area contributed by atoms with Gasteiger partial charge in [0, 0.05) is 5.38 Å². The maximum Gasteiger partial charge on any atom is 0.0370 e. The van der Waals surface area contributed by atoms with Crippen LogP contribution in [0.2, 0.25) is 0 Å². The number of fused-ring (bicyclic) bond motifs is 4. The minimum Gasteiger partial charge on any atom is -0.123 e. The first-order chi connectivity index (χ1) is 13.5. The highest BCUT2D eigenvalue weighted by Crippen LogP contribution is 2.68. The lowest BCUT2D eigenvalue weighted by atomic mass is 9.51. The lowest BCUT2D eigenvalue weighted by molar-refractivity contribution is -0.0489. The Bertz CT molecular complexity index is 644. The van der Waals surface area contributed by atoms with Crippen LogP contribution in [0.25, 0.3) is 0 Å². The lowest BCUT2D eigenvalue weighted by Gasteiger charge is -2.54. The van der Waals surface area contributed by atoms with Crippen molar-refractivity contribution >= 4 is 11.6 Å². The van der Waals surface area contributed by atoms with Gasteiger partial charge < -0.3 is 0 Å². The Kier molecular flexibility index (Phi) is 5.58. The molecule has 0 heterocycles. The first-order valence-corrected chi connectivity index (χ1v) is 13.6. The second kappa shape index (κ2) is 7.14. The van der Waals surface area contributed by atoms with E-state index >= 15 is 0 Å². The van der Waals surface area contributed by atoms with Gasteiger partial charge in [-0.05, 0) is 108 Å². The van der Waals surface area contributed by atoms with Gasteiger partial charge in [0.25, 0.3) is 0 Å². The Morgan fingerprint density at radius 1 is 0.567 bits per heavy atom. The highest BCUT2D eigenvalue weighted by Gasteiger charge is 2.62. The van der Waals surface area contributed by atoms with Crippen molar-refractivity contribution in [3.05, 3.63) is 0 Å². The average Bonchev–Trinajstić information content (AvgIpc) is 3.29. The SMILES string of the molecule is CC(C)(C)C1C2CCC(C2)C1C(C)(C)CC(C)(C)C1C2CC(CC2Cl)C1C(C)(C)C. The van der Waals surface area contributed by atoms with Crippen LogP contribution in [-0.4, -0.2) is 5.38 Å². The fraction of sp³-hybridized carbons (Fsp3) is 1.00. The van der Waals surface area contributed by atoms with Crippen molar-refractivity contribution in [1.29, 1.82) is 0 Å². The molecule has 4 fully saturated rings. The molecule has 0 amide bonds. The molecular formula is C29H51Cl. The van der Waals surface area contributed by atoms with Gasteiger partial charge in [0.2, 0.25) is 0 Å². The predicted molar refractivity (Wildman–Crippen MR) is 132 cm³/mol. The molecule has 0 aromatic rings. The van der Waals surface area contributed by atoms with Gasteiger partial charge in [0.15, 0.2) is 0 Å². The van der Waals surface area contributed by atoms with Gasteiger partial charge in [0.1, 0.15) is 0 Å². The first kappa shape index (κ1) is 23.4. The number of hydrogen-bond donors (Lipinski definition) is 0. The van der Waals surface area contributed by atoms with E-state index in [1.165, 1.54) is 38.5 Å². The van der Waals surface area contributed by atoms with E-state index in [4.69, 9.17) is 11.6 Å². The highest BCUT2D eigenvalue weighted by atomic mass is 35.5. The molecule has 174 valence electrons. The Hall–Kier alpha value is 0.290. The van der Waals surface area contributed by atoms with Crippen LogP contribution in [-0.2, 0) is 0 Å². The molecule has 0 aromatic carbocycles. The van der Waals surface area contributed by atoms with Crippen molar-refractivity contribution < 1.29 is 0 Å². The highest BCUT2D eigenvalue weighted by molar-refractivity contribution is 6.21. The summed E-state index contributed by atoms with van der Waals surface area (Å²) in [7, 11) is 0. The van der Waals surface area contributed by atoms with Gasteiger partial charge in [-0.15, -0.1) is 11.6 Å². The van der Waals surface area contributed by atoms with Crippen LogP contribution < -0.4 is 0 Å². The lowest BCUT2D eigenvalue weighted by Crippen LogP contribution is -2.48. The Balaban J connectivity index is 1.62. The standard InChI is InChI=1S/C29H51Cl/c1-26(2,3)22-17-11-12-18(13-17)24(22)28(7,8)16-29(9,10)25-20-14-19(15-21(20)30)23(25)27(4,5)6/h17-25H,11-16H2,1-10H3. The third-order valence-electron chi connectivity index (χ3n) is 10.6. The Morgan fingerprint density at radius 3 is 1.57 bits per heavy atom. The maximum absolute atomic E-state index is 6.96. The zero-order valence-corrected chi connectivity index (χ0v) is 22.6. The summed E-state index contributed by atoms with van der Waals surface area (Å²) in [5.74, 6) is 6.98. The monoisotopic (exact) mass is 434 g/mol. The Morgan fingerprint density at radius 2 is 1.03 bits per heavy atom. The molecule has 4 bridgehead atoms. The van der Waals surface area contributed by atoms with E-state index < -0.39 is 0 Å². The van der Waals surface area contributed by atoms with Crippen molar-refractivity contribution in [2.45, 2.75) is 113 Å². The summed E-state index contributed by atoms with van der Waals surface area (Å²) in [5, 5.41) is 0.422. The third-order valence-corrected chi connectivity index (χ3v) is 11.1. The molecule has 0 N–H and O–H groups in total. The second-order valence-electron chi connectivity index (χ2n) is 15.7. The van der Waals surface area contributed by atoms with Gasteiger partial charge in [0.05, 0.1) is 0 Å². The van der Waals surface area contributed by atoms with Crippen LogP contribution in [0.3, 0.4) is 0 Å². The van der Waals surface area contributed by atoms with Crippen LogP contribution in [0, 0.1) is 69.0 Å². The summed E-state index contributed by atoms with van der Waals surface area (Å²) in [5.41, 5.74) is 1.60. The molecular weight excluding hydrogens is 384 g/mol. The van der Waals surface area contributed by atoms with Gasteiger partial charge in [-0.25, -0.2) is 0 Å². The molecule has 0 nitrogen and oxygen atoms in total. The van der Waals surface area contributed by atoms with Crippen LogP contribution in [0.1, 0.15) is 108 Å². The molecule has 4 aliphatic carbocycles. The van der Waals surface area contributed by atoms with Gasteiger partial charge in [-0.2, -0.15) is 0 Å². The van der Waals surface area contributed by atoms with Crippen molar-refractivity contribution in [1.82, 2.24) is 0 Å². The number of alkyl halides is 1. The quantitative estimate of drug-likeness (QED) is 0.387. The van der Waals surface area contributed by atoms with E-state index in [0.717, 1.165) is 47.3 Å². The largest absolute Gasteiger partial charge is 0.123 e. The zero-order valence-electron chi connectivity index (χ0n) is 21.8. The minimum atomic E-state index is 0.360. The van der Waals surface area contributed by atoms with Crippen molar-refractivity contribution in [2.24, 2.45) is 69.0 Å². The van der Waals surface area contributed by atoms with Crippen molar-refractivity contribution in [2.75, 3.05) is 0 Å². The van der Waals surface area contributed by atoms with E-state index in [0.29, 0.717) is 27.0 Å². The smallest absolute Gasteiger partial charge is 0.0370 e. The molecule has 0 aromatic heterocycles. The van der Waals surface area contributed by atoms with Gasteiger partial charge >= 0.3 is 0 Å². The maximum atomic E-state index is 6.96. The Labute approximate surface area is 193 Å². The molecule has 9 unspecified atom stereocenters. The average molecular weight is 435 g/mol. The van der Waals surface area contributed by atoms with Gasteiger partial charge in [-0.1, -0.05) is 69.2 Å². The van der Waals surface area contributed by atoms with Crippen molar-refractivity contribution in [3.8, 4) is 0 Å². The van der Waals surface area contributed by atoms with E-state index in [1.54, 1.807) is 0 Å².